The number of hydrogen-bond donors (Lipinski definition) is 3. The van der Waals surface area contributed by atoms with Crippen LogP contribution in [0.5, 0.6) is 0 Å². The fourth-order valence-corrected chi connectivity index (χ4v) is 2.54. The number of rotatable bonds is 5. The first-order valence-corrected chi connectivity index (χ1v) is 7.97. The van der Waals surface area contributed by atoms with Crippen LogP contribution in [-0.4, -0.2) is 29.6 Å². The van der Waals surface area contributed by atoms with Crippen molar-refractivity contribution in [2.75, 3.05) is 6.54 Å². The minimum absolute atomic E-state index is 0.236. The van der Waals surface area contributed by atoms with E-state index in [-0.39, 0.29) is 12.1 Å². The predicted octanol–water partition coefficient (Wildman–Crippen LogP) is 2.50. The first-order chi connectivity index (χ1) is 12.5. The molecule has 0 aliphatic rings. The van der Waals surface area contributed by atoms with E-state index in [0.29, 0.717) is 0 Å². The molecule has 0 radical (unpaired) electrons. The van der Waals surface area contributed by atoms with Crippen molar-refractivity contribution in [2.45, 2.75) is 6.92 Å². The zero-order chi connectivity index (χ0) is 18.5. The van der Waals surface area contributed by atoms with E-state index < -0.39 is 17.6 Å². The van der Waals surface area contributed by atoms with Crippen molar-refractivity contribution in [1.29, 1.82) is 0 Å². The Bertz CT molecular complexity index is 977. The highest BCUT2D eigenvalue weighted by Gasteiger charge is 2.08. The lowest BCUT2D eigenvalue weighted by atomic mass is 10.1. The Morgan fingerprint density at radius 3 is 2.65 bits per heavy atom. The largest absolute Gasteiger partial charge is 0.358 e. The molecule has 3 N–H and O–H groups in total. The second-order valence-corrected chi connectivity index (χ2v) is 5.69. The van der Waals surface area contributed by atoms with Crippen molar-refractivity contribution >= 4 is 28.9 Å². The van der Waals surface area contributed by atoms with Gasteiger partial charge in [-0.2, -0.15) is 5.10 Å². The molecule has 1 heterocycles. The van der Waals surface area contributed by atoms with E-state index in [0.717, 1.165) is 22.2 Å². The Balaban J connectivity index is 1.55. The minimum atomic E-state index is -0.464. The van der Waals surface area contributed by atoms with Crippen LogP contribution in [0, 0.1) is 12.7 Å². The van der Waals surface area contributed by atoms with E-state index in [1.54, 1.807) is 6.21 Å². The van der Waals surface area contributed by atoms with E-state index >= 15 is 0 Å². The zero-order valence-corrected chi connectivity index (χ0v) is 14.0. The normalized spacial score (nSPS) is 11.0. The van der Waals surface area contributed by atoms with E-state index in [1.165, 1.54) is 24.3 Å². The molecule has 132 valence electrons. The molecule has 0 aliphatic carbocycles. The Morgan fingerprint density at radius 1 is 1.15 bits per heavy atom. The summed E-state index contributed by atoms with van der Waals surface area (Å²) in [6.45, 7) is 1.69. The van der Waals surface area contributed by atoms with Crippen LogP contribution >= 0.6 is 0 Å². The number of nitrogens with zero attached hydrogens (tertiary/aromatic N) is 1. The molecule has 7 heteroatoms. The van der Waals surface area contributed by atoms with Crippen molar-refractivity contribution < 1.29 is 14.0 Å². The summed E-state index contributed by atoms with van der Waals surface area (Å²) in [5, 5.41) is 7.40. The number of para-hydroxylation sites is 1. The number of halogens is 1. The van der Waals surface area contributed by atoms with Crippen LogP contribution in [0.15, 0.2) is 53.6 Å². The lowest BCUT2D eigenvalue weighted by Crippen LogP contribution is -2.34. The second kappa shape index (κ2) is 7.60. The molecular formula is C19H17FN4O2. The van der Waals surface area contributed by atoms with Crippen LogP contribution in [0.1, 0.15) is 21.6 Å². The van der Waals surface area contributed by atoms with Crippen molar-refractivity contribution in [1.82, 2.24) is 15.7 Å². The van der Waals surface area contributed by atoms with Gasteiger partial charge < -0.3 is 10.3 Å². The molecule has 3 rings (SSSR count). The average Bonchev–Trinajstić information content (AvgIpc) is 2.96. The van der Waals surface area contributed by atoms with Crippen LogP contribution in [0.25, 0.3) is 10.9 Å². The number of hydrogen-bond acceptors (Lipinski definition) is 3. The van der Waals surface area contributed by atoms with Gasteiger partial charge in [0, 0.05) is 27.7 Å². The maximum Gasteiger partial charge on any atom is 0.259 e. The molecule has 0 spiro atoms. The summed E-state index contributed by atoms with van der Waals surface area (Å²) in [6.07, 6.45) is 1.56. The summed E-state index contributed by atoms with van der Waals surface area (Å²) in [6, 6.07) is 12.8. The van der Waals surface area contributed by atoms with Crippen LogP contribution in [0.3, 0.4) is 0 Å². The molecule has 6 nitrogen and oxygen atoms in total. The molecule has 2 amide bonds. The third-order valence-corrected chi connectivity index (χ3v) is 3.84. The first kappa shape index (κ1) is 17.3. The van der Waals surface area contributed by atoms with E-state index in [4.69, 9.17) is 0 Å². The van der Waals surface area contributed by atoms with Crippen LogP contribution in [-0.2, 0) is 4.79 Å². The molecule has 0 aliphatic heterocycles. The van der Waals surface area contributed by atoms with Gasteiger partial charge in [-0.05, 0) is 37.3 Å². The number of fused-ring (bicyclic) bond motifs is 1. The SMILES string of the molecule is Cc1[nH]c2ccccc2c1/C=N\NC(=O)CNC(=O)c1ccc(F)cc1. The third kappa shape index (κ3) is 3.94. The molecule has 0 unspecified atom stereocenters. The number of aromatic amines is 1. The molecule has 0 fully saturated rings. The maximum absolute atomic E-state index is 12.8. The zero-order valence-electron chi connectivity index (χ0n) is 14.0. The molecule has 2 aromatic carbocycles. The van der Waals surface area contributed by atoms with Crippen molar-refractivity contribution in [3.63, 3.8) is 0 Å². The summed E-state index contributed by atoms with van der Waals surface area (Å²) < 4.78 is 12.8. The lowest BCUT2D eigenvalue weighted by molar-refractivity contribution is -0.120. The number of aryl methyl sites for hydroxylation is 1. The Hall–Kier alpha value is -3.48. The number of carbonyl (C=O) groups is 2. The minimum Gasteiger partial charge on any atom is -0.358 e. The van der Waals surface area contributed by atoms with Gasteiger partial charge in [0.1, 0.15) is 5.82 Å². The highest BCUT2D eigenvalue weighted by atomic mass is 19.1. The Morgan fingerprint density at radius 2 is 1.88 bits per heavy atom. The van der Waals surface area contributed by atoms with E-state index in [9.17, 15) is 14.0 Å². The maximum atomic E-state index is 12.8. The quantitative estimate of drug-likeness (QED) is 0.487. The van der Waals surface area contributed by atoms with Gasteiger partial charge in [-0.1, -0.05) is 18.2 Å². The van der Waals surface area contributed by atoms with Crippen LogP contribution in [0.4, 0.5) is 4.39 Å². The Kier molecular flexibility index (Phi) is 5.07. The number of carbonyl (C=O) groups excluding carboxylic acids is 2. The Labute approximate surface area is 149 Å². The summed E-state index contributed by atoms with van der Waals surface area (Å²) in [5.41, 5.74) is 5.46. The van der Waals surface area contributed by atoms with Gasteiger partial charge in [0.25, 0.3) is 11.8 Å². The van der Waals surface area contributed by atoms with Gasteiger partial charge in [-0.15, -0.1) is 0 Å². The number of H-pyrrole nitrogens is 1. The molecule has 26 heavy (non-hydrogen) atoms. The van der Waals surface area contributed by atoms with Crippen molar-refractivity contribution in [2.24, 2.45) is 5.10 Å². The highest BCUT2D eigenvalue weighted by Crippen LogP contribution is 2.19. The van der Waals surface area contributed by atoms with Gasteiger partial charge in [0.05, 0.1) is 12.8 Å². The molecule has 1 aromatic heterocycles. The van der Waals surface area contributed by atoms with Gasteiger partial charge in [-0.3, -0.25) is 9.59 Å². The topological polar surface area (TPSA) is 86.3 Å². The molecular weight excluding hydrogens is 335 g/mol. The van der Waals surface area contributed by atoms with E-state index in [2.05, 4.69) is 20.8 Å². The van der Waals surface area contributed by atoms with Crippen molar-refractivity contribution in [3.8, 4) is 0 Å². The van der Waals surface area contributed by atoms with Gasteiger partial charge in [-0.25, -0.2) is 9.82 Å². The second-order valence-electron chi connectivity index (χ2n) is 5.69. The van der Waals surface area contributed by atoms with E-state index in [1.807, 2.05) is 31.2 Å². The third-order valence-electron chi connectivity index (χ3n) is 3.84. The summed E-state index contributed by atoms with van der Waals surface area (Å²) in [4.78, 5) is 26.9. The number of benzene rings is 2. The summed E-state index contributed by atoms with van der Waals surface area (Å²) in [7, 11) is 0. The number of amides is 2. The summed E-state index contributed by atoms with van der Waals surface area (Å²) >= 11 is 0. The monoisotopic (exact) mass is 352 g/mol. The standard InChI is InChI=1S/C19H17FN4O2/c1-12-16(15-4-2-3-5-17(15)23-12)10-22-24-18(25)11-21-19(26)13-6-8-14(20)9-7-13/h2-10,23H,11H2,1H3,(H,21,26)(H,24,25)/b22-10-. The molecule has 0 atom stereocenters. The van der Waals surface area contributed by atoms with Crippen LogP contribution < -0.4 is 10.7 Å². The van der Waals surface area contributed by atoms with Gasteiger partial charge in [0.15, 0.2) is 0 Å². The molecule has 0 saturated carbocycles. The fraction of sp³-hybridized carbons (Fsp3) is 0.105. The summed E-state index contributed by atoms with van der Waals surface area (Å²) in [5.74, 6) is -1.35. The van der Waals surface area contributed by atoms with Crippen LogP contribution in [0.2, 0.25) is 0 Å². The molecule has 3 aromatic rings. The lowest BCUT2D eigenvalue weighted by Gasteiger charge is -2.04. The number of hydrazone groups is 1. The molecule has 0 saturated heterocycles. The smallest absolute Gasteiger partial charge is 0.259 e. The predicted molar refractivity (Wildman–Crippen MR) is 97.5 cm³/mol. The number of nitrogens with one attached hydrogen (secondary N) is 3. The molecule has 0 bridgehead atoms. The first-order valence-electron chi connectivity index (χ1n) is 7.97. The number of aromatic nitrogens is 1. The highest BCUT2D eigenvalue weighted by molar-refractivity contribution is 6.01. The van der Waals surface area contributed by atoms with Gasteiger partial charge in [0.2, 0.25) is 0 Å². The fourth-order valence-electron chi connectivity index (χ4n) is 2.54. The van der Waals surface area contributed by atoms with Crippen molar-refractivity contribution in [3.05, 3.63) is 71.2 Å². The average molecular weight is 352 g/mol. The van der Waals surface area contributed by atoms with Gasteiger partial charge >= 0.3 is 0 Å².